The van der Waals surface area contributed by atoms with Gasteiger partial charge in [0.25, 0.3) is 5.91 Å². The smallest absolute Gasteiger partial charge is 0.328 e. The molecule has 2 unspecified atom stereocenters. The minimum Gasteiger partial charge on any atom is -0.341 e. The number of guanidine groups is 1. The van der Waals surface area contributed by atoms with Crippen LogP contribution in [0.15, 0.2) is 41.4 Å². The Morgan fingerprint density at radius 2 is 1.97 bits per heavy atom. The van der Waals surface area contributed by atoms with Crippen LogP contribution in [0, 0.1) is 5.92 Å². The van der Waals surface area contributed by atoms with E-state index in [1.807, 2.05) is 24.0 Å². The Labute approximate surface area is 223 Å². The van der Waals surface area contributed by atoms with E-state index < -0.39 is 36.5 Å². The van der Waals surface area contributed by atoms with E-state index >= 15 is 0 Å². The predicted octanol–water partition coefficient (Wildman–Crippen LogP) is 1.72. The van der Waals surface area contributed by atoms with Crippen LogP contribution in [0.25, 0.3) is 0 Å². The van der Waals surface area contributed by atoms with Gasteiger partial charge in [0.05, 0.1) is 12.2 Å². The van der Waals surface area contributed by atoms with Crippen molar-refractivity contribution in [3.8, 4) is 0 Å². The van der Waals surface area contributed by atoms with Crippen molar-refractivity contribution in [3.63, 3.8) is 0 Å². The molecular weight excluding hydrogens is 486 g/mol. The van der Waals surface area contributed by atoms with E-state index in [0.29, 0.717) is 24.7 Å². The molecule has 204 valence electrons. The number of fused-ring (bicyclic) bond motifs is 1. The summed E-state index contributed by atoms with van der Waals surface area (Å²) >= 11 is 0. The second-order valence-corrected chi connectivity index (χ2v) is 10.3. The maximum atomic E-state index is 13.8. The highest BCUT2D eigenvalue weighted by Crippen LogP contribution is 2.30. The number of rotatable bonds is 7. The van der Waals surface area contributed by atoms with Crippen LogP contribution in [0.1, 0.15) is 44.0 Å². The van der Waals surface area contributed by atoms with Gasteiger partial charge in [0, 0.05) is 44.2 Å². The largest absolute Gasteiger partial charge is 0.341 e. The van der Waals surface area contributed by atoms with Crippen molar-refractivity contribution in [1.29, 1.82) is 0 Å². The van der Waals surface area contributed by atoms with Gasteiger partial charge >= 0.3 is 6.03 Å². The van der Waals surface area contributed by atoms with Crippen LogP contribution in [0.2, 0.25) is 0 Å². The highest BCUT2D eigenvalue weighted by molar-refractivity contribution is 6.11. The van der Waals surface area contributed by atoms with Crippen molar-refractivity contribution in [3.05, 3.63) is 42.0 Å². The number of likely N-dealkylation sites (N-methyl/N-ethyl adjacent to an activating group) is 1. The summed E-state index contributed by atoms with van der Waals surface area (Å²) in [4.78, 5) is 64.0. The second kappa shape index (κ2) is 11.3. The van der Waals surface area contributed by atoms with Crippen LogP contribution in [-0.2, 0) is 9.59 Å². The van der Waals surface area contributed by atoms with Crippen LogP contribution in [0.3, 0.4) is 0 Å². The number of allylic oxidation sites excluding steroid dienone is 1. The number of nitrogens with two attached hydrogens (primary N) is 1. The number of carbonyl (C=O) groups is 4. The molecule has 2 fully saturated rings. The molecule has 4 rings (SSSR count). The molecule has 3 N–H and O–H groups in total. The fourth-order valence-electron chi connectivity index (χ4n) is 5.02. The number of Topliss-reactive ketones (excluding diaryl/α,β-unsaturated/α-hetero) is 1. The third kappa shape index (κ3) is 5.28. The van der Waals surface area contributed by atoms with E-state index in [9.17, 15) is 19.2 Å². The first kappa shape index (κ1) is 27.3. The molecule has 38 heavy (non-hydrogen) atoms. The molecule has 0 aromatic heterocycles. The number of amides is 4. The third-order valence-corrected chi connectivity index (χ3v) is 7.16. The number of urea groups is 1. The lowest BCUT2D eigenvalue weighted by molar-refractivity contribution is -0.137. The molecule has 0 radical (unpaired) electrons. The number of aliphatic imine (C=N–C) groups is 1. The fourth-order valence-corrected chi connectivity index (χ4v) is 5.02. The zero-order chi connectivity index (χ0) is 27.6. The number of hydrogen-bond acceptors (Lipinski definition) is 8. The van der Waals surface area contributed by atoms with E-state index in [1.165, 1.54) is 4.90 Å². The van der Waals surface area contributed by atoms with Gasteiger partial charge in [0.15, 0.2) is 24.0 Å². The van der Waals surface area contributed by atoms with Gasteiger partial charge < -0.3 is 25.8 Å². The van der Waals surface area contributed by atoms with Gasteiger partial charge in [-0.15, -0.1) is 0 Å². The number of nitrogens with zero attached hydrogens (tertiary/aromatic N) is 5. The van der Waals surface area contributed by atoms with E-state index in [0.717, 1.165) is 24.3 Å². The first-order chi connectivity index (χ1) is 18.1. The molecule has 3 atom stereocenters. The highest BCUT2D eigenvalue weighted by Gasteiger charge is 2.53. The number of para-hydroxylation sites is 1. The van der Waals surface area contributed by atoms with Crippen molar-refractivity contribution < 1.29 is 19.2 Å². The van der Waals surface area contributed by atoms with Crippen LogP contribution in [0.4, 0.5) is 10.5 Å². The molecule has 11 heteroatoms. The maximum Gasteiger partial charge on any atom is 0.328 e. The molecular formula is C27H37N7O4. The van der Waals surface area contributed by atoms with Gasteiger partial charge in [-0.05, 0) is 31.9 Å². The Morgan fingerprint density at radius 1 is 1.24 bits per heavy atom. The van der Waals surface area contributed by atoms with E-state index in [1.54, 1.807) is 45.2 Å². The van der Waals surface area contributed by atoms with E-state index in [4.69, 9.17) is 10.7 Å². The summed E-state index contributed by atoms with van der Waals surface area (Å²) in [5.41, 5.74) is 6.81. The molecule has 3 heterocycles. The van der Waals surface area contributed by atoms with Crippen molar-refractivity contribution >= 4 is 35.3 Å². The highest BCUT2D eigenvalue weighted by atomic mass is 16.2. The summed E-state index contributed by atoms with van der Waals surface area (Å²) in [5, 5.41) is 2.76. The number of nitrogens with one attached hydrogen (secondary N) is 1. The number of imide groups is 1. The fraction of sp³-hybridized carbons (Fsp3) is 0.519. The van der Waals surface area contributed by atoms with Gasteiger partial charge in [-0.3, -0.25) is 19.3 Å². The lowest BCUT2D eigenvalue weighted by Crippen LogP contribution is -2.66. The maximum absolute atomic E-state index is 13.8. The summed E-state index contributed by atoms with van der Waals surface area (Å²) in [7, 11) is 1.60. The number of anilines is 1. The first-order valence-electron chi connectivity index (χ1n) is 13.1. The van der Waals surface area contributed by atoms with Crippen molar-refractivity contribution in [1.82, 2.24) is 19.6 Å². The number of hydrogen-bond donors (Lipinski definition) is 2. The summed E-state index contributed by atoms with van der Waals surface area (Å²) in [6.07, 6.45) is 4.99. The van der Waals surface area contributed by atoms with Gasteiger partial charge in [0.1, 0.15) is 0 Å². The molecule has 3 aliphatic heterocycles. The van der Waals surface area contributed by atoms with Crippen LogP contribution >= 0.6 is 0 Å². The number of ketones is 1. The minimum absolute atomic E-state index is 0.0121. The number of benzene rings is 1. The van der Waals surface area contributed by atoms with E-state index in [2.05, 4.69) is 10.2 Å². The average Bonchev–Trinajstić information content (AvgIpc) is 3.28. The SMILES string of the molecule is C/C=C/CN1C(N2CCC[C@@H](N)C2)=NC2C1C(=O)N(CC(=O)c1ccccc1NC(=O)C(C)C)C(=O)N2C. The van der Waals surface area contributed by atoms with Gasteiger partial charge in [-0.2, -0.15) is 0 Å². The Morgan fingerprint density at radius 3 is 2.66 bits per heavy atom. The number of piperidine rings is 1. The number of carbonyl (C=O) groups excluding carboxylic acids is 4. The van der Waals surface area contributed by atoms with Crippen molar-refractivity contribution in [2.45, 2.75) is 51.9 Å². The lowest BCUT2D eigenvalue weighted by atomic mass is 10.0. The van der Waals surface area contributed by atoms with E-state index in [-0.39, 0.29) is 23.4 Å². The standard InChI is InChI=1S/C27H37N7O4/c1-5-6-14-33-22-23(30-26(33)32-13-9-10-18(28)15-32)31(4)27(38)34(25(22)37)16-21(35)19-11-7-8-12-20(19)29-24(36)17(2)3/h5-8,11-12,17-18,22-23H,9-10,13-16,28H2,1-4H3,(H,29,36)/b6-5+/t18-,22?,23?/m1/s1. The summed E-state index contributed by atoms with van der Waals surface area (Å²) in [6, 6.07) is 5.28. The quantitative estimate of drug-likeness (QED) is 0.411. The van der Waals surface area contributed by atoms with Crippen LogP contribution in [0.5, 0.6) is 0 Å². The summed E-state index contributed by atoms with van der Waals surface area (Å²) in [6.45, 7) is 6.80. The molecule has 3 aliphatic rings. The lowest BCUT2D eigenvalue weighted by Gasteiger charge is -2.42. The van der Waals surface area contributed by atoms with Gasteiger partial charge in [-0.1, -0.05) is 38.1 Å². The van der Waals surface area contributed by atoms with Gasteiger partial charge in [0.2, 0.25) is 5.91 Å². The third-order valence-electron chi connectivity index (χ3n) is 7.16. The Kier molecular flexibility index (Phi) is 8.15. The molecule has 0 saturated carbocycles. The molecule has 0 bridgehead atoms. The monoisotopic (exact) mass is 523 g/mol. The summed E-state index contributed by atoms with van der Waals surface area (Å²) in [5.74, 6) is -0.774. The molecule has 2 saturated heterocycles. The average molecular weight is 524 g/mol. The van der Waals surface area contributed by atoms with Crippen molar-refractivity contribution in [2.75, 3.05) is 38.5 Å². The van der Waals surface area contributed by atoms with Crippen molar-refractivity contribution in [2.24, 2.45) is 16.6 Å². The Bertz CT molecular complexity index is 1160. The Hall–Kier alpha value is -3.73. The molecule has 4 amide bonds. The van der Waals surface area contributed by atoms with Gasteiger partial charge in [-0.25, -0.2) is 9.79 Å². The molecule has 0 spiro atoms. The second-order valence-electron chi connectivity index (χ2n) is 10.3. The minimum atomic E-state index is -0.759. The summed E-state index contributed by atoms with van der Waals surface area (Å²) < 4.78 is 0. The first-order valence-corrected chi connectivity index (χ1v) is 13.1. The Balaban J connectivity index is 1.60. The number of likely N-dealkylation sites (tertiary alicyclic amines) is 1. The zero-order valence-corrected chi connectivity index (χ0v) is 22.5. The topological polar surface area (TPSA) is 132 Å². The normalized spacial score (nSPS) is 23.8. The van der Waals surface area contributed by atoms with Crippen LogP contribution in [-0.4, -0.2) is 101 Å². The molecule has 1 aromatic carbocycles. The molecule has 0 aliphatic carbocycles. The molecule has 1 aromatic rings. The predicted molar refractivity (Wildman–Crippen MR) is 144 cm³/mol. The van der Waals surface area contributed by atoms with Crippen LogP contribution < -0.4 is 11.1 Å². The zero-order valence-electron chi connectivity index (χ0n) is 22.5. The molecule has 11 nitrogen and oxygen atoms in total.